The molecule has 136 valence electrons. The number of benzene rings is 2. The van der Waals surface area contributed by atoms with Gasteiger partial charge >= 0.3 is 0 Å². The van der Waals surface area contributed by atoms with Gasteiger partial charge in [-0.05, 0) is 41.0 Å². The van der Waals surface area contributed by atoms with Crippen LogP contribution in [0.5, 0.6) is 0 Å². The zero-order valence-corrected chi connectivity index (χ0v) is 15.9. The van der Waals surface area contributed by atoms with E-state index in [-0.39, 0.29) is 0 Å². The summed E-state index contributed by atoms with van der Waals surface area (Å²) in [6.07, 6.45) is 14.5. The Labute approximate surface area is 170 Å². The van der Waals surface area contributed by atoms with E-state index in [2.05, 4.69) is 119 Å². The molecule has 2 heterocycles. The highest BCUT2D eigenvalue weighted by Gasteiger charge is 2.10. The van der Waals surface area contributed by atoms with Crippen molar-refractivity contribution in [2.45, 2.75) is 0 Å². The number of hydrogen-bond donors (Lipinski definition) is 0. The average Bonchev–Trinajstić information content (AvgIpc) is 3.35. The molecular weight excluding hydrogens is 352 g/mol. The van der Waals surface area contributed by atoms with Crippen molar-refractivity contribution in [3.63, 3.8) is 0 Å². The second-order valence-electron chi connectivity index (χ2n) is 6.95. The van der Waals surface area contributed by atoms with E-state index in [1.807, 2.05) is 18.2 Å². The van der Waals surface area contributed by atoms with Crippen LogP contribution in [0.25, 0.3) is 28.1 Å². The Bertz CT molecular complexity index is 1220. The monoisotopic (exact) mass is 372 g/mol. The normalized spacial score (nSPS) is 12.2. The summed E-state index contributed by atoms with van der Waals surface area (Å²) in [5.41, 5.74) is 10.3. The van der Waals surface area contributed by atoms with E-state index >= 15 is 0 Å². The number of pyridine rings is 2. The maximum atomic E-state index is 3.24. The molecule has 0 spiro atoms. The smallest absolute Gasteiger partial charge is 0.167 e. The third-order valence-corrected chi connectivity index (χ3v) is 5.12. The van der Waals surface area contributed by atoms with Crippen molar-refractivity contribution >= 4 is 5.57 Å². The van der Waals surface area contributed by atoms with E-state index in [1.165, 1.54) is 16.7 Å². The van der Waals surface area contributed by atoms with Gasteiger partial charge in [0.2, 0.25) is 11.4 Å². The van der Waals surface area contributed by atoms with Crippen LogP contribution >= 0.6 is 0 Å². The zero-order valence-electron chi connectivity index (χ0n) is 15.9. The van der Waals surface area contributed by atoms with Gasteiger partial charge in [-0.15, -0.1) is 5.73 Å². The predicted molar refractivity (Wildman–Crippen MR) is 116 cm³/mol. The zero-order chi connectivity index (χ0) is 19.5. The van der Waals surface area contributed by atoms with Crippen molar-refractivity contribution in [1.82, 2.24) is 0 Å². The van der Waals surface area contributed by atoms with Gasteiger partial charge in [0.05, 0.1) is 0 Å². The number of hydrogen-bond acceptors (Lipinski definition) is 0. The lowest BCUT2D eigenvalue weighted by Gasteiger charge is -2.02. The molecule has 1 aliphatic rings. The molecule has 29 heavy (non-hydrogen) atoms. The lowest BCUT2D eigenvalue weighted by atomic mass is 10.1. The Morgan fingerprint density at radius 1 is 0.517 bits per heavy atom. The quantitative estimate of drug-likeness (QED) is 0.351. The molecule has 0 saturated carbocycles. The van der Waals surface area contributed by atoms with E-state index in [9.17, 15) is 0 Å². The summed E-state index contributed by atoms with van der Waals surface area (Å²) in [5, 5.41) is 0. The van der Waals surface area contributed by atoms with E-state index in [1.54, 1.807) is 0 Å². The summed E-state index contributed by atoms with van der Waals surface area (Å²) in [7, 11) is 0. The van der Waals surface area contributed by atoms with Crippen LogP contribution in [0.3, 0.4) is 0 Å². The number of aromatic nitrogens is 2. The summed E-state index contributed by atoms with van der Waals surface area (Å²) >= 11 is 0. The summed E-state index contributed by atoms with van der Waals surface area (Å²) in [5.74, 6) is 0. The Morgan fingerprint density at radius 3 is 1.59 bits per heavy atom. The van der Waals surface area contributed by atoms with Crippen LogP contribution in [0.4, 0.5) is 0 Å². The minimum absolute atomic E-state index is 1.13. The maximum Gasteiger partial charge on any atom is 0.210 e. The summed E-state index contributed by atoms with van der Waals surface area (Å²) in [4.78, 5) is 0. The molecule has 0 N–H and O–H groups in total. The Hall–Kier alpha value is -4.00. The average molecular weight is 372 g/mol. The maximum absolute atomic E-state index is 3.24. The van der Waals surface area contributed by atoms with Gasteiger partial charge in [0.15, 0.2) is 24.8 Å². The molecule has 5 rings (SSSR count). The van der Waals surface area contributed by atoms with Crippen molar-refractivity contribution in [2.75, 3.05) is 0 Å². The van der Waals surface area contributed by atoms with Crippen molar-refractivity contribution in [3.05, 3.63) is 133 Å². The topological polar surface area (TPSA) is 7.76 Å². The fraction of sp³-hybridized carbons (Fsp3) is 0. The largest absolute Gasteiger partial charge is 0.210 e. The minimum atomic E-state index is 1.13. The van der Waals surface area contributed by atoms with Crippen molar-refractivity contribution < 1.29 is 9.13 Å². The molecule has 0 amide bonds. The molecule has 1 aliphatic carbocycles. The molecule has 2 nitrogen and oxygen atoms in total. The third-order valence-electron chi connectivity index (χ3n) is 5.12. The van der Waals surface area contributed by atoms with Crippen molar-refractivity contribution in [2.24, 2.45) is 0 Å². The first kappa shape index (κ1) is 17.1. The lowest BCUT2D eigenvalue weighted by molar-refractivity contribution is -0.596. The highest BCUT2D eigenvalue weighted by Crippen LogP contribution is 2.19. The number of nitrogens with zero attached hydrogens (tertiary/aromatic N) is 2. The fourth-order valence-corrected chi connectivity index (χ4v) is 3.51. The fourth-order valence-electron chi connectivity index (χ4n) is 3.51. The van der Waals surface area contributed by atoms with Crippen molar-refractivity contribution in [1.29, 1.82) is 0 Å². The second kappa shape index (κ2) is 7.55. The van der Waals surface area contributed by atoms with Crippen LogP contribution in [0.15, 0.2) is 128 Å². The molecule has 0 radical (unpaired) electrons. The van der Waals surface area contributed by atoms with Gasteiger partial charge in [-0.3, -0.25) is 0 Å². The van der Waals surface area contributed by atoms with Crippen LogP contribution in [0, 0.1) is 0 Å². The predicted octanol–water partition coefficient (Wildman–Crippen LogP) is 5.02. The highest BCUT2D eigenvalue weighted by atomic mass is 14.9. The Kier molecular flexibility index (Phi) is 4.46. The first-order chi connectivity index (χ1) is 14.4. The Morgan fingerprint density at radius 2 is 1.07 bits per heavy atom. The van der Waals surface area contributed by atoms with Crippen LogP contribution in [0.2, 0.25) is 0 Å². The first-order valence-electron chi connectivity index (χ1n) is 9.69. The number of para-hydroxylation sites is 1. The highest BCUT2D eigenvalue weighted by molar-refractivity contribution is 5.76. The molecule has 0 aliphatic heterocycles. The van der Waals surface area contributed by atoms with Crippen LogP contribution in [-0.4, -0.2) is 0 Å². The van der Waals surface area contributed by atoms with Crippen LogP contribution in [-0.2, 0) is 0 Å². The van der Waals surface area contributed by atoms with Gasteiger partial charge in [-0.2, -0.15) is 9.13 Å². The molecular formula is C27H20N2+2. The van der Waals surface area contributed by atoms with Gasteiger partial charge in [0, 0.05) is 54.1 Å². The van der Waals surface area contributed by atoms with E-state index in [0.717, 1.165) is 16.9 Å². The molecule has 2 aromatic carbocycles. The molecule has 0 fully saturated rings. The third kappa shape index (κ3) is 3.58. The molecule has 0 saturated heterocycles. The molecule has 0 unspecified atom stereocenters. The van der Waals surface area contributed by atoms with Gasteiger partial charge in [-0.25, -0.2) is 0 Å². The van der Waals surface area contributed by atoms with E-state index in [4.69, 9.17) is 0 Å². The minimum Gasteiger partial charge on any atom is -0.167 e. The Balaban J connectivity index is 1.36. The summed E-state index contributed by atoms with van der Waals surface area (Å²) in [6.45, 7) is 0. The molecule has 0 bridgehead atoms. The van der Waals surface area contributed by atoms with E-state index in [0.29, 0.717) is 0 Å². The van der Waals surface area contributed by atoms with Gasteiger partial charge in [0.25, 0.3) is 0 Å². The van der Waals surface area contributed by atoms with Gasteiger partial charge < -0.3 is 0 Å². The van der Waals surface area contributed by atoms with Crippen LogP contribution in [0.1, 0.15) is 5.56 Å². The lowest BCUT2D eigenvalue weighted by Crippen LogP contribution is -2.29. The summed E-state index contributed by atoms with van der Waals surface area (Å²) in [6, 6.07) is 27.5. The van der Waals surface area contributed by atoms with E-state index < -0.39 is 0 Å². The molecule has 2 heteroatoms. The van der Waals surface area contributed by atoms with Gasteiger partial charge in [-0.1, -0.05) is 24.3 Å². The molecule has 4 aromatic rings. The molecule has 2 aromatic heterocycles. The molecule has 0 atom stereocenters. The second-order valence-corrected chi connectivity index (χ2v) is 6.95. The standard InChI is InChI=1S/C27H20N2/c1-2-8-26(9-3-1)28-18-14-24(15-19-28)25-16-20-29(21-17-25)27-12-10-23(11-13-27)22-6-4-5-7-22/h1-6,8-21H/q+2. The number of allylic oxidation sites excluding steroid dienone is 3. The van der Waals surface area contributed by atoms with Crippen molar-refractivity contribution in [3.8, 4) is 22.5 Å². The summed E-state index contributed by atoms with van der Waals surface area (Å²) < 4.78 is 4.26. The first-order valence-corrected chi connectivity index (χ1v) is 9.69. The van der Waals surface area contributed by atoms with Gasteiger partial charge in [0.1, 0.15) is 0 Å². The van der Waals surface area contributed by atoms with Crippen LogP contribution < -0.4 is 9.13 Å². The SMILES string of the molecule is C1=CC=CC=1c1ccc(-[n+]2ccc(-c3cc[n+](-c4ccccc4)cc3)cc2)cc1. The number of rotatable bonds is 4.